The van der Waals surface area contributed by atoms with Gasteiger partial charge in [-0.05, 0) is 18.9 Å². The predicted molar refractivity (Wildman–Crippen MR) is 67.8 cm³/mol. The van der Waals surface area contributed by atoms with Gasteiger partial charge in [0.05, 0.1) is 11.3 Å². The monoisotopic (exact) mass is 282 g/mol. The molecule has 2 heterocycles. The molecule has 1 aliphatic rings. The normalized spacial score (nSPS) is 15.6. The molecule has 20 heavy (non-hydrogen) atoms. The average Bonchev–Trinajstić information content (AvgIpc) is 3.12. The van der Waals surface area contributed by atoms with Crippen molar-refractivity contribution in [1.82, 2.24) is 14.5 Å². The number of anilines is 1. The van der Waals surface area contributed by atoms with Gasteiger partial charge >= 0.3 is 6.18 Å². The Morgan fingerprint density at radius 3 is 2.65 bits per heavy atom. The third-order valence-corrected chi connectivity index (χ3v) is 3.37. The number of halogens is 3. The zero-order valence-corrected chi connectivity index (χ0v) is 10.8. The molecule has 1 aliphatic carbocycles. The molecule has 0 aliphatic heterocycles. The Bertz CT molecular complexity index is 656. The van der Waals surface area contributed by atoms with E-state index >= 15 is 0 Å². The molecule has 0 unspecified atom stereocenters. The first-order chi connectivity index (χ1) is 9.36. The summed E-state index contributed by atoms with van der Waals surface area (Å²) in [5.74, 6) is 0.822. The van der Waals surface area contributed by atoms with Crippen molar-refractivity contribution >= 4 is 5.82 Å². The lowest BCUT2D eigenvalue weighted by molar-refractivity contribution is -0.137. The van der Waals surface area contributed by atoms with Gasteiger partial charge in [0, 0.05) is 30.9 Å². The van der Waals surface area contributed by atoms with Crippen LogP contribution in [0.3, 0.4) is 0 Å². The van der Waals surface area contributed by atoms with Crippen LogP contribution < -0.4 is 5.73 Å². The molecule has 0 spiro atoms. The highest BCUT2D eigenvalue weighted by Gasteiger charge is 2.34. The maximum Gasteiger partial charge on any atom is 0.419 e. The number of imidazole rings is 1. The van der Waals surface area contributed by atoms with Gasteiger partial charge in [-0.2, -0.15) is 13.2 Å². The standard InChI is InChI=1S/C13H13F3N4/c1-20-6-10(19-12(20)7-2-3-7)8-4-9(13(14,15)16)11(17)18-5-8/h4-7H,2-3H2,1H3,(H2,17,18). The maximum absolute atomic E-state index is 12.8. The van der Waals surface area contributed by atoms with E-state index in [1.54, 1.807) is 6.20 Å². The number of nitrogen functional groups attached to an aromatic ring is 1. The minimum absolute atomic E-state index is 0.328. The first kappa shape index (κ1) is 13.0. The number of aromatic nitrogens is 3. The van der Waals surface area contributed by atoms with E-state index in [4.69, 9.17) is 5.73 Å². The molecule has 4 nitrogen and oxygen atoms in total. The number of alkyl halides is 3. The Labute approximate surface area is 113 Å². The molecule has 3 rings (SSSR count). The third-order valence-electron chi connectivity index (χ3n) is 3.37. The molecule has 2 aromatic heterocycles. The van der Waals surface area contributed by atoms with Crippen molar-refractivity contribution in [1.29, 1.82) is 0 Å². The van der Waals surface area contributed by atoms with E-state index in [0.29, 0.717) is 17.2 Å². The van der Waals surface area contributed by atoms with Gasteiger partial charge in [0.15, 0.2) is 0 Å². The molecular formula is C13H13F3N4. The predicted octanol–water partition coefficient (Wildman–Crippen LogP) is 2.96. The van der Waals surface area contributed by atoms with Crippen molar-refractivity contribution in [3.8, 4) is 11.3 Å². The number of pyridine rings is 1. The largest absolute Gasteiger partial charge is 0.419 e. The van der Waals surface area contributed by atoms with E-state index < -0.39 is 17.6 Å². The highest BCUT2D eigenvalue weighted by atomic mass is 19.4. The van der Waals surface area contributed by atoms with Crippen molar-refractivity contribution in [3.63, 3.8) is 0 Å². The van der Waals surface area contributed by atoms with Crippen LogP contribution in [0.2, 0.25) is 0 Å². The lowest BCUT2D eigenvalue weighted by Crippen LogP contribution is -2.10. The summed E-state index contributed by atoms with van der Waals surface area (Å²) in [6.07, 6.45) is 0.696. The smallest absolute Gasteiger partial charge is 0.383 e. The van der Waals surface area contributed by atoms with Crippen molar-refractivity contribution in [2.75, 3.05) is 5.73 Å². The van der Waals surface area contributed by atoms with Crippen LogP contribution in [0, 0.1) is 0 Å². The summed E-state index contributed by atoms with van der Waals surface area (Å²) >= 11 is 0. The fourth-order valence-electron chi connectivity index (χ4n) is 2.18. The van der Waals surface area contributed by atoms with Gasteiger partial charge in [-0.1, -0.05) is 0 Å². The number of hydrogen-bond acceptors (Lipinski definition) is 3. The summed E-state index contributed by atoms with van der Waals surface area (Å²) in [5, 5.41) is 0. The third kappa shape index (κ3) is 2.23. The number of nitrogens with two attached hydrogens (primary N) is 1. The van der Waals surface area contributed by atoms with Gasteiger partial charge in [-0.3, -0.25) is 0 Å². The van der Waals surface area contributed by atoms with Crippen LogP contribution in [-0.2, 0) is 13.2 Å². The highest BCUT2D eigenvalue weighted by Crippen LogP contribution is 2.40. The van der Waals surface area contributed by atoms with E-state index in [0.717, 1.165) is 24.7 Å². The quantitative estimate of drug-likeness (QED) is 0.921. The van der Waals surface area contributed by atoms with Gasteiger partial charge < -0.3 is 10.3 Å². The topological polar surface area (TPSA) is 56.7 Å². The summed E-state index contributed by atoms with van der Waals surface area (Å²) in [6, 6.07) is 1.00. The summed E-state index contributed by atoms with van der Waals surface area (Å²) in [7, 11) is 1.85. The van der Waals surface area contributed by atoms with E-state index in [9.17, 15) is 13.2 Å². The van der Waals surface area contributed by atoms with Crippen LogP contribution in [-0.4, -0.2) is 14.5 Å². The van der Waals surface area contributed by atoms with Crippen LogP contribution in [0.1, 0.15) is 30.1 Å². The van der Waals surface area contributed by atoms with Crippen LogP contribution in [0.15, 0.2) is 18.5 Å². The fraction of sp³-hybridized carbons (Fsp3) is 0.385. The summed E-state index contributed by atoms with van der Waals surface area (Å²) in [4.78, 5) is 8.04. The molecule has 2 aromatic rings. The molecule has 106 valence electrons. The average molecular weight is 282 g/mol. The molecule has 7 heteroatoms. The van der Waals surface area contributed by atoms with Gasteiger partial charge in [0.1, 0.15) is 11.6 Å². The molecule has 1 fully saturated rings. The molecule has 2 N–H and O–H groups in total. The number of rotatable bonds is 2. The van der Waals surface area contributed by atoms with Gasteiger partial charge in [-0.25, -0.2) is 9.97 Å². The lowest BCUT2D eigenvalue weighted by Gasteiger charge is -2.09. The van der Waals surface area contributed by atoms with Gasteiger partial charge in [0.25, 0.3) is 0 Å². The van der Waals surface area contributed by atoms with Crippen molar-refractivity contribution in [3.05, 3.63) is 29.8 Å². The minimum atomic E-state index is -4.51. The van der Waals surface area contributed by atoms with E-state index in [1.807, 2.05) is 11.6 Å². The Hall–Kier alpha value is -2.05. The van der Waals surface area contributed by atoms with Crippen molar-refractivity contribution in [2.45, 2.75) is 24.9 Å². The number of nitrogens with zero attached hydrogens (tertiary/aromatic N) is 3. The Morgan fingerprint density at radius 2 is 2.05 bits per heavy atom. The van der Waals surface area contributed by atoms with E-state index in [2.05, 4.69) is 9.97 Å². The zero-order valence-electron chi connectivity index (χ0n) is 10.8. The molecule has 0 atom stereocenters. The van der Waals surface area contributed by atoms with Crippen LogP contribution >= 0.6 is 0 Å². The first-order valence-corrected chi connectivity index (χ1v) is 6.22. The second-order valence-corrected chi connectivity index (χ2v) is 5.02. The highest BCUT2D eigenvalue weighted by molar-refractivity contribution is 5.62. The number of hydrogen-bond donors (Lipinski definition) is 1. The molecule has 0 saturated heterocycles. The zero-order chi connectivity index (χ0) is 14.5. The second kappa shape index (κ2) is 4.22. The first-order valence-electron chi connectivity index (χ1n) is 6.22. The minimum Gasteiger partial charge on any atom is -0.383 e. The molecule has 0 bridgehead atoms. The van der Waals surface area contributed by atoms with Gasteiger partial charge in [0.2, 0.25) is 0 Å². The van der Waals surface area contributed by atoms with E-state index in [1.165, 1.54) is 6.20 Å². The van der Waals surface area contributed by atoms with Crippen molar-refractivity contribution in [2.24, 2.45) is 7.05 Å². The number of aryl methyl sites for hydroxylation is 1. The molecule has 0 radical (unpaired) electrons. The summed E-state index contributed by atoms with van der Waals surface area (Å²) in [6.45, 7) is 0. The Kier molecular flexibility index (Phi) is 2.74. The summed E-state index contributed by atoms with van der Waals surface area (Å²) in [5.41, 5.74) is 5.19. The molecular weight excluding hydrogens is 269 g/mol. The maximum atomic E-state index is 12.8. The second-order valence-electron chi connectivity index (χ2n) is 5.02. The summed E-state index contributed by atoms with van der Waals surface area (Å²) < 4.78 is 40.3. The van der Waals surface area contributed by atoms with E-state index in [-0.39, 0.29) is 0 Å². The molecule has 0 aromatic carbocycles. The van der Waals surface area contributed by atoms with Crippen molar-refractivity contribution < 1.29 is 13.2 Å². The van der Waals surface area contributed by atoms with Gasteiger partial charge in [-0.15, -0.1) is 0 Å². The SMILES string of the molecule is Cn1cc(-c2cnc(N)c(C(F)(F)F)c2)nc1C1CC1. The fourth-order valence-corrected chi connectivity index (χ4v) is 2.18. The van der Waals surface area contributed by atoms with Crippen LogP contribution in [0.5, 0.6) is 0 Å². The Morgan fingerprint density at radius 1 is 1.35 bits per heavy atom. The molecule has 1 saturated carbocycles. The lowest BCUT2D eigenvalue weighted by atomic mass is 10.1. The Balaban J connectivity index is 2.04. The molecule has 0 amide bonds. The van der Waals surface area contributed by atoms with Crippen LogP contribution in [0.4, 0.5) is 19.0 Å². The van der Waals surface area contributed by atoms with Crippen LogP contribution in [0.25, 0.3) is 11.3 Å².